The summed E-state index contributed by atoms with van der Waals surface area (Å²) < 4.78 is 0. The second kappa shape index (κ2) is 6.66. The molecule has 0 amide bonds. The van der Waals surface area contributed by atoms with Crippen molar-refractivity contribution in [3.63, 3.8) is 0 Å². The van der Waals surface area contributed by atoms with E-state index in [9.17, 15) is 0 Å². The van der Waals surface area contributed by atoms with Gasteiger partial charge in [-0.25, -0.2) is 0 Å². The number of allylic oxidation sites excluding steroid dienone is 2. The van der Waals surface area contributed by atoms with Crippen LogP contribution in [0, 0.1) is 56.7 Å². The highest BCUT2D eigenvalue weighted by atomic mass is 14.7. The molecule has 0 nitrogen and oxygen atoms in total. The average Bonchev–Trinajstić information content (AvgIpc) is 2.98. The van der Waals surface area contributed by atoms with Gasteiger partial charge in [0.25, 0.3) is 0 Å². The molecule has 31 heavy (non-hydrogen) atoms. The lowest BCUT2D eigenvalue weighted by molar-refractivity contribution is -0.242. The Balaban J connectivity index is 1.55. The van der Waals surface area contributed by atoms with Crippen LogP contribution in [0.1, 0.15) is 127 Å². The van der Waals surface area contributed by atoms with Crippen LogP contribution in [0.4, 0.5) is 0 Å². The molecule has 5 aliphatic rings. The lowest BCUT2D eigenvalue weighted by Crippen LogP contribution is -2.66. The molecule has 0 aromatic carbocycles. The second-order valence-corrected chi connectivity index (χ2v) is 15.2. The molecule has 0 aromatic heterocycles. The first-order chi connectivity index (χ1) is 14.3. The van der Waals surface area contributed by atoms with Crippen molar-refractivity contribution in [2.75, 3.05) is 0 Å². The van der Waals surface area contributed by atoms with Crippen LogP contribution in [0.15, 0.2) is 11.1 Å². The topological polar surface area (TPSA) is 0 Å². The van der Waals surface area contributed by atoms with E-state index in [0.29, 0.717) is 27.1 Å². The molecule has 4 unspecified atom stereocenters. The minimum atomic E-state index is 0.527. The summed E-state index contributed by atoms with van der Waals surface area (Å²) in [6, 6.07) is 0. The number of hydrogen-bond acceptors (Lipinski definition) is 0. The molecular formula is C31H52. The Kier molecular flexibility index (Phi) is 4.84. The van der Waals surface area contributed by atoms with Gasteiger partial charge in [0.15, 0.2) is 0 Å². The summed E-state index contributed by atoms with van der Waals surface area (Å²) in [6.45, 7) is 23.7. The van der Waals surface area contributed by atoms with Crippen molar-refractivity contribution in [1.82, 2.24) is 0 Å². The summed E-state index contributed by atoms with van der Waals surface area (Å²) in [7, 11) is 0. The van der Waals surface area contributed by atoms with Gasteiger partial charge in [0.05, 0.1) is 0 Å². The van der Waals surface area contributed by atoms with Gasteiger partial charge >= 0.3 is 0 Å². The van der Waals surface area contributed by atoms with Crippen LogP contribution >= 0.6 is 0 Å². The Morgan fingerprint density at radius 3 is 1.87 bits per heavy atom. The molecule has 0 bridgehead atoms. The van der Waals surface area contributed by atoms with Gasteiger partial charge < -0.3 is 0 Å². The van der Waals surface area contributed by atoms with Gasteiger partial charge in [0.1, 0.15) is 0 Å². The molecule has 0 heteroatoms. The van der Waals surface area contributed by atoms with Crippen LogP contribution < -0.4 is 0 Å². The first kappa shape index (κ1) is 22.5. The SMILES string of the molecule is CC(C)=C1CC[C@@]2(C)C1CC[C@]1(C)C2CCC2[C@@]3(C)C[C@H](C)CC(C)(C)C3CC[C@]21C. The van der Waals surface area contributed by atoms with Gasteiger partial charge in [0.2, 0.25) is 0 Å². The Bertz CT molecular complexity index is 782. The molecule has 0 heterocycles. The molecule has 176 valence electrons. The van der Waals surface area contributed by atoms with Gasteiger partial charge in [-0.05, 0) is 135 Å². The Hall–Kier alpha value is -0.260. The van der Waals surface area contributed by atoms with Gasteiger partial charge in [0, 0.05) is 0 Å². The molecule has 5 aliphatic carbocycles. The van der Waals surface area contributed by atoms with Gasteiger partial charge in [-0.2, -0.15) is 0 Å². The van der Waals surface area contributed by atoms with Crippen molar-refractivity contribution in [2.45, 2.75) is 127 Å². The van der Waals surface area contributed by atoms with Gasteiger partial charge in [-0.1, -0.05) is 59.6 Å². The monoisotopic (exact) mass is 424 g/mol. The molecule has 0 aromatic rings. The Morgan fingerprint density at radius 2 is 1.26 bits per heavy atom. The number of rotatable bonds is 0. The summed E-state index contributed by atoms with van der Waals surface area (Å²) in [4.78, 5) is 0. The highest BCUT2D eigenvalue weighted by Crippen LogP contribution is 2.78. The summed E-state index contributed by atoms with van der Waals surface area (Å²) in [5.41, 5.74) is 6.22. The lowest BCUT2D eigenvalue weighted by Gasteiger charge is -2.73. The minimum absolute atomic E-state index is 0.527. The van der Waals surface area contributed by atoms with E-state index < -0.39 is 0 Å². The van der Waals surface area contributed by atoms with Crippen molar-refractivity contribution in [3.05, 3.63) is 11.1 Å². The Morgan fingerprint density at radius 1 is 0.677 bits per heavy atom. The van der Waals surface area contributed by atoms with E-state index >= 15 is 0 Å². The van der Waals surface area contributed by atoms with E-state index in [1.54, 1.807) is 5.57 Å². The third-order valence-corrected chi connectivity index (χ3v) is 13.3. The first-order valence-electron chi connectivity index (χ1n) is 14.0. The summed E-state index contributed by atoms with van der Waals surface area (Å²) in [6.07, 6.45) is 14.8. The van der Waals surface area contributed by atoms with E-state index in [0.717, 1.165) is 29.6 Å². The maximum atomic E-state index is 2.80. The van der Waals surface area contributed by atoms with Crippen molar-refractivity contribution in [1.29, 1.82) is 0 Å². The number of hydrogen-bond donors (Lipinski definition) is 0. The molecule has 5 fully saturated rings. The maximum absolute atomic E-state index is 2.80. The maximum Gasteiger partial charge on any atom is -0.0144 e. The molecule has 0 saturated heterocycles. The quantitative estimate of drug-likeness (QED) is 0.340. The predicted molar refractivity (Wildman–Crippen MR) is 134 cm³/mol. The van der Waals surface area contributed by atoms with Crippen LogP contribution in [0.3, 0.4) is 0 Å². The standard InChI is InChI=1S/C31H52/c1-20(2)22-12-15-28(6)23(22)13-16-30(8)25(28)10-11-26-29(7)19-21(3)18-27(4,5)24(29)14-17-31(26,30)9/h21,23-26H,10-19H2,1-9H3/t21-,23?,24?,25?,26?,28+,29+,30-,31-/m1/s1. The zero-order chi connectivity index (χ0) is 22.6. The fraction of sp³-hybridized carbons (Fsp3) is 0.935. The van der Waals surface area contributed by atoms with Gasteiger partial charge in [-0.3, -0.25) is 0 Å². The molecule has 0 spiro atoms. The van der Waals surface area contributed by atoms with Crippen molar-refractivity contribution < 1.29 is 0 Å². The van der Waals surface area contributed by atoms with Crippen LogP contribution in [0.5, 0.6) is 0 Å². The zero-order valence-corrected chi connectivity index (χ0v) is 22.5. The molecule has 9 atom stereocenters. The third-order valence-electron chi connectivity index (χ3n) is 13.3. The highest BCUT2D eigenvalue weighted by molar-refractivity contribution is 5.27. The summed E-state index contributed by atoms with van der Waals surface area (Å²) >= 11 is 0. The summed E-state index contributed by atoms with van der Waals surface area (Å²) in [5.74, 6) is 4.59. The summed E-state index contributed by atoms with van der Waals surface area (Å²) in [5, 5.41) is 0. The van der Waals surface area contributed by atoms with Crippen molar-refractivity contribution >= 4 is 0 Å². The van der Waals surface area contributed by atoms with E-state index in [2.05, 4.69) is 62.3 Å². The van der Waals surface area contributed by atoms with E-state index in [1.807, 2.05) is 5.57 Å². The normalized spacial score (nSPS) is 55.6. The van der Waals surface area contributed by atoms with Crippen molar-refractivity contribution in [3.8, 4) is 0 Å². The van der Waals surface area contributed by atoms with Crippen molar-refractivity contribution in [2.24, 2.45) is 56.7 Å². The predicted octanol–water partition coefficient (Wildman–Crippen LogP) is 9.44. The fourth-order valence-electron chi connectivity index (χ4n) is 12.4. The molecule has 5 rings (SSSR count). The lowest BCUT2D eigenvalue weighted by atomic mass is 9.31. The average molecular weight is 425 g/mol. The minimum Gasteiger partial charge on any atom is -0.0769 e. The molecule has 0 N–H and O–H groups in total. The zero-order valence-electron chi connectivity index (χ0n) is 22.5. The largest absolute Gasteiger partial charge is 0.0769 e. The smallest absolute Gasteiger partial charge is 0.0144 e. The molecule has 5 saturated carbocycles. The van der Waals surface area contributed by atoms with Crippen LogP contribution in [-0.4, -0.2) is 0 Å². The molecule has 0 radical (unpaired) electrons. The molecule has 0 aliphatic heterocycles. The third kappa shape index (κ3) is 2.72. The van der Waals surface area contributed by atoms with Crippen LogP contribution in [0.25, 0.3) is 0 Å². The number of fused-ring (bicyclic) bond motifs is 7. The highest BCUT2D eigenvalue weighted by Gasteiger charge is 2.70. The van der Waals surface area contributed by atoms with E-state index in [-0.39, 0.29) is 0 Å². The Labute approximate surface area is 194 Å². The van der Waals surface area contributed by atoms with E-state index in [1.165, 1.54) is 64.2 Å². The second-order valence-electron chi connectivity index (χ2n) is 15.2. The fourth-order valence-corrected chi connectivity index (χ4v) is 12.4. The first-order valence-corrected chi connectivity index (χ1v) is 14.0. The molecular weight excluding hydrogens is 372 g/mol. The van der Waals surface area contributed by atoms with Crippen LogP contribution in [0.2, 0.25) is 0 Å². The van der Waals surface area contributed by atoms with Crippen LogP contribution in [-0.2, 0) is 0 Å². The van der Waals surface area contributed by atoms with Gasteiger partial charge in [-0.15, -0.1) is 0 Å². The van der Waals surface area contributed by atoms with E-state index in [4.69, 9.17) is 0 Å².